The molecule has 0 amide bonds. The van der Waals surface area contributed by atoms with Crippen LogP contribution in [0.25, 0.3) is 0 Å². The second-order valence-corrected chi connectivity index (χ2v) is 5.10. The maximum atomic E-state index is 4.21. The van der Waals surface area contributed by atoms with Crippen molar-refractivity contribution in [2.75, 3.05) is 5.32 Å². The summed E-state index contributed by atoms with van der Waals surface area (Å²) >= 11 is 3.32. The Bertz CT molecular complexity index is 493. The van der Waals surface area contributed by atoms with Crippen molar-refractivity contribution in [2.24, 2.45) is 0 Å². The molecule has 0 radical (unpaired) electrons. The smallest absolute Gasteiger partial charge is 0.223 e. The van der Waals surface area contributed by atoms with E-state index < -0.39 is 0 Å². The number of hydrogen-bond donors (Lipinski definition) is 1. The number of anilines is 1. The quantitative estimate of drug-likeness (QED) is 0.928. The highest BCUT2D eigenvalue weighted by Crippen LogP contribution is 2.18. The molecule has 18 heavy (non-hydrogen) atoms. The van der Waals surface area contributed by atoms with Crippen molar-refractivity contribution >= 4 is 21.9 Å². The minimum Gasteiger partial charge on any atom is -0.348 e. The first-order valence-corrected chi connectivity index (χ1v) is 6.81. The molecule has 0 aliphatic carbocycles. The fraction of sp³-hybridized carbons (Fsp3) is 0.286. The van der Waals surface area contributed by atoms with E-state index in [-0.39, 0.29) is 6.04 Å². The summed E-state index contributed by atoms with van der Waals surface area (Å²) in [7, 11) is 0. The van der Waals surface area contributed by atoms with Gasteiger partial charge in [0.2, 0.25) is 5.95 Å². The van der Waals surface area contributed by atoms with Crippen LogP contribution in [0.15, 0.2) is 41.1 Å². The van der Waals surface area contributed by atoms with E-state index in [1.165, 1.54) is 11.1 Å². The molecule has 1 heterocycles. The summed E-state index contributed by atoms with van der Waals surface area (Å²) in [5.41, 5.74) is 2.59. The third-order valence-corrected chi connectivity index (χ3v) is 3.26. The average Bonchev–Trinajstić information content (AvgIpc) is 2.41. The van der Waals surface area contributed by atoms with Gasteiger partial charge in [0.1, 0.15) is 0 Å². The highest BCUT2D eigenvalue weighted by molar-refractivity contribution is 9.10. The molecule has 1 N–H and O–H groups in total. The van der Waals surface area contributed by atoms with E-state index in [0.717, 1.165) is 10.9 Å². The topological polar surface area (TPSA) is 37.8 Å². The molecule has 1 unspecified atom stereocenters. The predicted octanol–water partition coefficient (Wildman–Crippen LogP) is 3.97. The zero-order valence-electron chi connectivity index (χ0n) is 10.5. The Morgan fingerprint density at radius 2 is 1.78 bits per heavy atom. The van der Waals surface area contributed by atoms with E-state index in [4.69, 9.17) is 0 Å². The lowest BCUT2D eigenvalue weighted by Crippen LogP contribution is -2.09. The van der Waals surface area contributed by atoms with Crippen LogP contribution >= 0.6 is 15.9 Å². The summed E-state index contributed by atoms with van der Waals surface area (Å²) in [6, 6.07) is 8.81. The third-order valence-electron chi connectivity index (χ3n) is 2.85. The van der Waals surface area contributed by atoms with E-state index in [2.05, 4.69) is 69.3 Å². The number of rotatable bonds is 4. The summed E-state index contributed by atoms with van der Waals surface area (Å²) in [6.45, 7) is 4.26. The van der Waals surface area contributed by atoms with Crippen molar-refractivity contribution in [3.05, 3.63) is 52.3 Å². The van der Waals surface area contributed by atoms with Crippen molar-refractivity contribution in [1.82, 2.24) is 9.97 Å². The van der Waals surface area contributed by atoms with Gasteiger partial charge in [-0.15, -0.1) is 0 Å². The molecule has 0 aliphatic rings. The average molecular weight is 306 g/mol. The SMILES string of the molecule is CCc1ccc(C(C)Nc2ncc(Br)cn2)cc1. The second-order valence-electron chi connectivity index (χ2n) is 4.19. The first-order chi connectivity index (χ1) is 8.69. The van der Waals surface area contributed by atoms with Gasteiger partial charge in [0.25, 0.3) is 0 Å². The van der Waals surface area contributed by atoms with Gasteiger partial charge in [0.05, 0.1) is 10.5 Å². The number of nitrogens with one attached hydrogen (secondary N) is 1. The van der Waals surface area contributed by atoms with Gasteiger partial charge < -0.3 is 5.32 Å². The Balaban J connectivity index is 2.06. The Kier molecular flexibility index (Phi) is 4.31. The van der Waals surface area contributed by atoms with Crippen molar-refractivity contribution < 1.29 is 0 Å². The van der Waals surface area contributed by atoms with Crippen LogP contribution in [-0.4, -0.2) is 9.97 Å². The summed E-state index contributed by atoms with van der Waals surface area (Å²) in [5, 5.41) is 3.28. The van der Waals surface area contributed by atoms with E-state index in [1.54, 1.807) is 12.4 Å². The van der Waals surface area contributed by atoms with Gasteiger partial charge in [-0.05, 0) is 40.4 Å². The Morgan fingerprint density at radius 1 is 1.17 bits per heavy atom. The largest absolute Gasteiger partial charge is 0.348 e. The molecule has 0 aliphatic heterocycles. The first kappa shape index (κ1) is 13.0. The van der Waals surface area contributed by atoms with Gasteiger partial charge in [0.15, 0.2) is 0 Å². The van der Waals surface area contributed by atoms with E-state index >= 15 is 0 Å². The Morgan fingerprint density at radius 3 is 2.33 bits per heavy atom. The molecule has 4 heteroatoms. The highest BCUT2D eigenvalue weighted by atomic mass is 79.9. The van der Waals surface area contributed by atoms with Gasteiger partial charge in [0, 0.05) is 12.4 Å². The Hall–Kier alpha value is -1.42. The van der Waals surface area contributed by atoms with Crippen molar-refractivity contribution in [2.45, 2.75) is 26.3 Å². The molecule has 1 atom stereocenters. The molecule has 94 valence electrons. The number of aryl methyl sites for hydroxylation is 1. The lowest BCUT2D eigenvalue weighted by atomic mass is 10.1. The van der Waals surface area contributed by atoms with Crippen LogP contribution in [0.5, 0.6) is 0 Å². The summed E-state index contributed by atoms with van der Waals surface area (Å²) in [6.07, 6.45) is 4.54. The number of nitrogens with zero attached hydrogens (tertiary/aromatic N) is 2. The maximum absolute atomic E-state index is 4.21. The lowest BCUT2D eigenvalue weighted by Gasteiger charge is -2.14. The molecule has 0 saturated heterocycles. The normalized spacial score (nSPS) is 12.2. The number of benzene rings is 1. The third kappa shape index (κ3) is 3.29. The van der Waals surface area contributed by atoms with Crippen LogP contribution in [0.1, 0.15) is 31.0 Å². The zero-order valence-corrected chi connectivity index (χ0v) is 12.1. The van der Waals surface area contributed by atoms with Crippen LogP contribution in [0.2, 0.25) is 0 Å². The molecular formula is C14H16BrN3. The predicted molar refractivity (Wildman–Crippen MR) is 77.6 cm³/mol. The van der Waals surface area contributed by atoms with Crippen molar-refractivity contribution in [3.8, 4) is 0 Å². The van der Waals surface area contributed by atoms with Crippen LogP contribution in [0.3, 0.4) is 0 Å². The van der Waals surface area contributed by atoms with Crippen LogP contribution in [-0.2, 0) is 6.42 Å². The lowest BCUT2D eigenvalue weighted by molar-refractivity contribution is 0.858. The molecule has 2 aromatic rings. The zero-order chi connectivity index (χ0) is 13.0. The van der Waals surface area contributed by atoms with Gasteiger partial charge >= 0.3 is 0 Å². The number of aromatic nitrogens is 2. The van der Waals surface area contributed by atoms with Gasteiger partial charge in [-0.25, -0.2) is 9.97 Å². The molecule has 1 aromatic heterocycles. The highest BCUT2D eigenvalue weighted by Gasteiger charge is 2.06. The molecule has 0 bridgehead atoms. The minimum atomic E-state index is 0.192. The fourth-order valence-electron chi connectivity index (χ4n) is 1.71. The monoisotopic (exact) mass is 305 g/mol. The molecule has 3 nitrogen and oxygen atoms in total. The number of hydrogen-bond acceptors (Lipinski definition) is 3. The molecule has 2 rings (SSSR count). The van der Waals surface area contributed by atoms with Gasteiger partial charge in [-0.3, -0.25) is 0 Å². The van der Waals surface area contributed by atoms with E-state index in [0.29, 0.717) is 5.95 Å². The minimum absolute atomic E-state index is 0.192. The summed E-state index contributed by atoms with van der Waals surface area (Å²) < 4.78 is 0.882. The van der Waals surface area contributed by atoms with Crippen LogP contribution in [0, 0.1) is 0 Å². The standard InChI is InChI=1S/C14H16BrN3/c1-3-11-4-6-12(7-5-11)10(2)18-14-16-8-13(15)9-17-14/h4-10H,3H2,1-2H3,(H,16,17,18). The second kappa shape index (κ2) is 5.96. The molecule has 1 aromatic carbocycles. The van der Waals surface area contributed by atoms with E-state index in [9.17, 15) is 0 Å². The molecule has 0 spiro atoms. The molecule has 0 fully saturated rings. The van der Waals surface area contributed by atoms with Crippen molar-refractivity contribution in [3.63, 3.8) is 0 Å². The number of halogens is 1. The Labute approximate surface area is 116 Å². The maximum Gasteiger partial charge on any atom is 0.223 e. The molecule has 0 saturated carbocycles. The van der Waals surface area contributed by atoms with Crippen molar-refractivity contribution in [1.29, 1.82) is 0 Å². The summed E-state index contributed by atoms with van der Waals surface area (Å²) in [5.74, 6) is 0.644. The van der Waals surface area contributed by atoms with Gasteiger partial charge in [-0.1, -0.05) is 31.2 Å². The fourth-order valence-corrected chi connectivity index (χ4v) is 1.91. The van der Waals surface area contributed by atoms with Gasteiger partial charge in [-0.2, -0.15) is 0 Å². The first-order valence-electron chi connectivity index (χ1n) is 6.02. The molecular weight excluding hydrogens is 290 g/mol. The summed E-state index contributed by atoms with van der Waals surface area (Å²) in [4.78, 5) is 8.42. The van der Waals surface area contributed by atoms with Crippen LogP contribution < -0.4 is 5.32 Å². The van der Waals surface area contributed by atoms with E-state index in [1.807, 2.05) is 0 Å². The van der Waals surface area contributed by atoms with Crippen LogP contribution in [0.4, 0.5) is 5.95 Å².